The molecule has 4 bridgehead atoms. The number of hydrogen-bond donors (Lipinski definition) is 2. The Balaban J connectivity index is 1.47. The number of carbonyl (C=O) groups is 1. The van der Waals surface area contributed by atoms with Crippen LogP contribution in [0.4, 0.5) is 5.69 Å². The molecule has 6 nitrogen and oxygen atoms in total. The van der Waals surface area contributed by atoms with Gasteiger partial charge in [-0.05, 0) is 98.1 Å². The third kappa shape index (κ3) is 3.03. The largest absolute Gasteiger partial charge is 0.508 e. The highest BCUT2D eigenvalue weighted by Crippen LogP contribution is 2.64. The van der Waals surface area contributed by atoms with Gasteiger partial charge in [0.1, 0.15) is 12.1 Å². The van der Waals surface area contributed by atoms with Crippen molar-refractivity contribution in [1.82, 2.24) is 14.8 Å². The fourth-order valence-electron chi connectivity index (χ4n) is 6.78. The average molecular weight is 429 g/mol. The summed E-state index contributed by atoms with van der Waals surface area (Å²) in [6.07, 6.45) is 7.70. The second-order valence-electron chi connectivity index (χ2n) is 10.3. The first-order valence-electron chi connectivity index (χ1n) is 10.9. The minimum absolute atomic E-state index is 0.107. The number of aromatic hydroxyl groups is 1. The van der Waals surface area contributed by atoms with Gasteiger partial charge in [0.05, 0.1) is 11.0 Å². The van der Waals surface area contributed by atoms with E-state index in [4.69, 9.17) is 11.6 Å². The van der Waals surface area contributed by atoms with E-state index in [0.29, 0.717) is 11.8 Å². The van der Waals surface area contributed by atoms with Crippen molar-refractivity contribution in [3.8, 4) is 5.75 Å². The minimum Gasteiger partial charge on any atom is -0.508 e. The summed E-state index contributed by atoms with van der Waals surface area (Å²) in [5, 5.41) is 18.2. The van der Waals surface area contributed by atoms with Gasteiger partial charge in [0.25, 0.3) is 0 Å². The molecule has 1 aromatic carbocycles. The molecule has 4 fully saturated rings. The van der Waals surface area contributed by atoms with E-state index >= 15 is 0 Å². The van der Waals surface area contributed by atoms with Gasteiger partial charge in [-0.15, -0.1) is 5.10 Å². The van der Waals surface area contributed by atoms with Crippen LogP contribution in [0.1, 0.15) is 69.4 Å². The third-order valence-corrected chi connectivity index (χ3v) is 7.88. The lowest BCUT2D eigenvalue weighted by molar-refractivity contribution is -0.150. The van der Waals surface area contributed by atoms with Crippen molar-refractivity contribution in [2.75, 3.05) is 5.32 Å². The van der Waals surface area contributed by atoms with Crippen LogP contribution in [-0.2, 0) is 10.3 Å². The van der Waals surface area contributed by atoms with Gasteiger partial charge in [0, 0.05) is 5.69 Å². The predicted octanol–water partition coefficient (Wildman–Crippen LogP) is 5.00. The van der Waals surface area contributed by atoms with Gasteiger partial charge >= 0.3 is 0 Å². The monoisotopic (exact) mass is 428 g/mol. The summed E-state index contributed by atoms with van der Waals surface area (Å²) in [6.45, 7) is 6.02. The summed E-state index contributed by atoms with van der Waals surface area (Å²) in [7, 11) is 0. The maximum atomic E-state index is 13.7. The molecule has 7 heteroatoms. The Morgan fingerprint density at radius 2 is 1.97 bits per heavy atom. The first-order chi connectivity index (χ1) is 14.2. The van der Waals surface area contributed by atoms with Gasteiger partial charge in [-0.25, -0.2) is 9.67 Å². The molecule has 4 aliphatic carbocycles. The molecule has 2 atom stereocenters. The molecule has 0 radical (unpaired) electrons. The second kappa shape index (κ2) is 6.71. The maximum absolute atomic E-state index is 13.7. The average Bonchev–Trinajstić information content (AvgIpc) is 3.10. The van der Waals surface area contributed by atoms with E-state index in [2.05, 4.69) is 15.4 Å². The van der Waals surface area contributed by atoms with E-state index in [1.807, 2.05) is 31.5 Å². The zero-order chi connectivity index (χ0) is 21.3. The van der Waals surface area contributed by atoms with Crippen molar-refractivity contribution < 1.29 is 9.90 Å². The lowest BCUT2D eigenvalue weighted by Gasteiger charge is -2.60. The van der Waals surface area contributed by atoms with Crippen LogP contribution < -0.4 is 5.32 Å². The second-order valence-corrected chi connectivity index (χ2v) is 10.6. The molecule has 160 valence electrons. The molecule has 0 saturated heterocycles. The van der Waals surface area contributed by atoms with E-state index in [0.717, 1.165) is 48.9 Å². The van der Waals surface area contributed by atoms with Gasteiger partial charge in [-0.3, -0.25) is 4.79 Å². The Labute approximate surface area is 182 Å². The van der Waals surface area contributed by atoms with Crippen LogP contribution in [-0.4, -0.2) is 25.8 Å². The molecule has 0 unspecified atom stereocenters. The molecule has 4 saturated carbocycles. The predicted molar refractivity (Wildman–Crippen MR) is 116 cm³/mol. The number of rotatable bonds is 4. The highest BCUT2D eigenvalue weighted by molar-refractivity contribution is 6.28. The molecule has 0 aliphatic heterocycles. The zero-order valence-corrected chi connectivity index (χ0v) is 18.5. The van der Waals surface area contributed by atoms with Crippen LogP contribution >= 0.6 is 11.6 Å². The minimum atomic E-state index is -0.384. The smallest absolute Gasteiger partial charge is 0.242 e. The van der Waals surface area contributed by atoms with E-state index in [9.17, 15) is 9.90 Å². The van der Waals surface area contributed by atoms with Crippen molar-refractivity contribution in [3.05, 3.63) is 34.9 Å². The van der Waals surface area contributed by atoms with E-state index in [1.54, 1.807) is 12.4 Å². The lowest BCUT2D eigenvalue weighted by Crippen LogP contribution is -2.60. The SMILES string of the molecule is Cc1cc(O)c(C(C)C)cc1NC(=O)C12C[C@@H]3C[C@@H](C1)CC(n1cnc(Cl)n1)(C3)C2. The number of hydrogen-bond acceptors (Lipinski definition) is 4. The van der Waals surface area contributed by atoms with Crippen molar-refractivity contribution in [2.24, 2.45) is 17.3 Å². The molecule has 0 spiro atoms. The zero-order valence-electron chi connectivity index (χ0n) is 17.8. The highest BCUT2D eigenvalue weighted by Gasteiger charge is 2.61. The number of amides is 1. The van der Waals surface area contributed by atoms with Crippen molar-refractivity contribution in [1.29, 1.82) is 0 Å². The molecule has 2 aromatic rings. The molecule has 4 aliphatic rings. The van der Waals surface area contributed by atoms with Crippen molar-refractivity contribution in [2.45, 2.75) is 70.8 Å². The van der Waals surface area contributed by atoms with E-state index in [-0.39, 0.29) is 33.8 Å². The summed E-state index contributed by atoms with van der Waals surface area (Å²) in [5.41, 5.74) is 2.00. The van der Waals surface area contributed by atoms with Crippen molar-refractivity contribution in [3.63, 3.8) is 0 Å². The van der Waals surface area contributed by atoms with Crippen LogP contribution in [0.3, 0.4) is 0 Å². The first kappa shape index (κ1) is 19.9. The number of aromatic nitrogens is 3. The molecule has 6 rings (SSSR count). The molecular formula is C23H29ClN4O2. The standard InChI is InChI=1S/C23H29ClN4O2/c1-13(2)17-6-18(14(3)4-19(17)29)26-20(30)22-7-15-5-16(8-22)10-23(9-15,11-22)28-12-25-21(24)27-28/h4,6,12-13,15-16,29H,5,7-11H2,1-3H3,(H,26,30)/t15-,16-,22?,23?/m0/s1. The van der Waals surface area contributed by atoms with Crippen molar-refractivity contribution >= 4 is 23.2 Å². The molecular weight excluding hydrogens is 400 g/mol. The summed E-state index contributed by atoms with van der Waals surface area (Å²) in [4.78, 5) is 17.9. The highest BCUT2D eigenvalue weighted by atomic mass is 35.5. The van der Waals surface area contributed by atoms with E-state index in [1.165, 1.54) is 6.42 Å². The number of aryl methyl sites for hydroxylation is 1. The van der Waals surface area contributed by atoms with Crippen LogP contribution in [0.25, 0.3) is 0 Å². The Hall–Kier alpha value is -2.08. The number of benzene rings is 1. The summed E-state index contributed by atoms with van der Waals surface area (Å²) < 4.78 is 1.94. The lowest BCUT2D eigenvalue weighted by atomic mass is 9.46. The van der Waals surface area contributed by atoms with Crippen LogP contribution in [0, 0.1) is 24.2 Å². The summed E-state index contributed by atoms with van der Waals surface area (Å²) in [6, 6.07) is 3.68. The Kier molecular flexibility index (Phi) is 4.44. The fraction of sp³-hybridized carbons (Fsp3) is 0.609. The Morgan fingerprint density at radius 3 is 2.57 bits per heavy atom. The quantitative estimate of drug-likeness (QED) is 0.671. The number of nitrogens with zero attached hydrogens (tertiary/aromatic N) is 3. The van der Waals surface area contributed by atoms with Gasteiger partial charge < -0.3 is 10.4 Å². The molecule has 1 heterocycles. The van der Waals surface area contributed by atoms with Gasteiger partial charge in [0.2, 0.25) is 11.2 Å². The number of phenols is 1. The molecule has 1 amide bonds. The van der Waals surface area contributed by atoms with Gasteiger partial charge in [-0.1, -0.05) is 13.8 Å². The number of phenolic OH excluding ortho intramolecular Hbond substituents is 1. The number of halogens is 1. The van der Waals surface area contributed by atoms with Gasteiger partial charge in [-0.2, -0.15) is 0 Å². The molecule has 1 aromatic heterocycles. The third-order valence-electron chi connectivity index (χ3n) is 7.71. The topological polar surface area (TPSA) is 80.0 Å². The number of carbonyl (C=O) groups excluding carboxylic acids is 1. The first-order valence-corrected chi connectivity index (χ1v) is 11.3. The Bertz CT molecular complexity index is 1000. The normalized spacial score (nSPS) is 32.0. The maximum Gasteiger partial charge on any atom is 0.242 e. The van der Waals surface area contributed by atoms with Crippen LogP contribution in [0.2, 0.25) is 5.28 Å². The molecule has 2 N–H and O–H groups in total. The Morgan fingerprint density at radius 1 is 1.27 bits per heavy atom. The van der Waals surface area contributed by atoms with Gasteiger partial charge in [0.15, 0.2) is 0 Å². The van der Waals surface area contributed by atoms with Crippen LogP contribution in [0.5, 0.6) is 5.75 Å². The van der Waals surface area contributed by atoms with E-state index < -0.39 is 0 Å². The van der Waals surface area contributed by atoms with Crippen LogP contribution in [0.15, 0.2) is 18.5 Å². The number of anilines is 1. The fourth-order valence-corrected chi connectivity index (χ4v) is 6.91. The number of nitrogens with one attached hydrogen (secondary N) is 1. The summed E-state index contributed by atoms with van der Waals surface area (Å²) >= 11 is 6.03. The molecule has 30 heavy (non-hydrogen) atoms. The summed E-state index contributed by atoms with van der Waals surface area (Å²) in [5.74, 6) is 1.65.